The van der Waals surface area contributed by atoms with E-state index in [4.69, 9.17) is 5.11 Å². The molecule has 0 saturated heterocycles. The van der Waals surface area contributed by atoms with Crippen molar-refractivity contribution < 1.29 is 5.11 Å². The van der Waals surface area contributed by atoms with Gasteiger partial charge in [-0.15, -0.1) is 0 Å². The number of hydrogen-bond donors (Lipinski definition) is 2. The Morgan fingerprint density at radius 3 is 2.40 bits per heavy atom. The van der Waals surface area contributed by atoms with E-state index in [1.807, 2.05) is 0 Å². The van der Waals surface area contributed by atoms with E-state index in [9.17, 15) is 0 Å². The second-order valence-electron chi connectivity index (χ2n) is 2.86. The van der Waals surface area contributed by atoms with Crippen LogP contribution in [-0.4, -0.2) is 29.6 Å². The predicted octanol–water partition coefficient (Wildman–Crippen LogP) is 0.988. The van der Waals surface area contributed by atoms with Crippen LogP contribution in [0.2, 0.25) is 0 Å². The fourth-order valence-corrected chi connectivity index (χ4v) is 0.822. The lowest BCUT2D eigenvalue weighted by atomic mass is 10.2. The van der Waals surface area contributed by atoms with Gasteiger partial charge in [-0.3, -0.25) is 0 Å². The summed E-state index contributed by atoms with van der Waals surface area (Å²) in [5, 5.41) is 12.9. The largest absolute Gasteiger partial charge is 0.391 e. The van der Waals surface area contributed by atoms with Crippen molar-refractivity contribution in [2.45, 2.75) is 20.0 Å². The minimum absolute atomic E-state index is 0.251. The molecule has 62 valence electrons. The van der Waals surface area contributed by atoms with E-state index in [1.165, 1.54) is 0 Å². The van der Waals surface area contributed by atoms with Crippen molar-refractivity contribution in [2.24, 2.45) is 5.92 Å². The Bertz CT molecular complexity index is 78.0. The lowest BCUT2D eigenvalue weighted by Gasteiger charge is -2.09. The van der Waals surface area contributed by atoms with Crippen molar-refractivity contribution in [1.29, 1.82) is 0 Å². The molecule has 2 N–H and O–H groups in total. The first-order chi connectivity index (χ1) is 4.66. The van der Waals surface area contributed by atoms with Gasteiger partial charge >= 0.3 is 0 Å². The Balaban J connectivity index is 3.03. The van der Waals surface area contributed by atoms with Gasteiger partial charge in [0.05, 0.1) is 6.10 Å². The fraction of sp³-hybridized carbons (Fsp3) is 1.00. The molecule has 1 atom stereocenters. The molecule has 0 amide bonds. The molecule has 10 heavy (non-hydrogen) atoms. The molecule has 0 aliphatic heterocycles. The molecule has 0 rings (SSSR count). The summed E-state index contributed by atoms with van der Waals surface area (Å²) >= 11 is 3.19. The SMILES string of the molecule is CC(C)CNCC(O)CBr. The fourth-order valence-electron chi connectivity index (χ4n) is 0.593. The van der Waals surface area contributed by atoms with Gasteiger partial charge in [-0.25, -0.2) is 0 Å². The second-order valence-corrected chi connectivity index (χ2v) is 3.51. The zero-order valence-electron chi connectivity index (χ0n) is 6.60. The number of halogens is 1. The molecule has 0 spiro atoms. The molecule has 0 aliphatic rings. The molecule has 0 aromatic heterocycles. The van der Waals surface area contributed by atoms with Crippen molar-refractivity contribution in [3.05, 3.63) is 0 Å². The van der Waals surface area contributed by atoms with Crippen molar-refractivity contribution in [3.63, 3.8) is 0 Å². The van der Waals surface area contributed by atoms with Gasteiger partial charge in [0.15, 0.2) is 0 Å². The molecule has 0 aliphatic carbocycles. The number of hydrogen-bond acceptors (Lipinski definition) is 2. The van der Waals surface area contributed by atoms with Crippen LogP contribution in [0.4, 0.5) is 0 Å². The van der Waals surface area contributed by atoms with Gasteiger partial charge in [0, 0.05) is 11.9 Å². The third kappa shape index (κ3) is 6.52. The number of rotatable bonds is 5. The first-order valence-corrected chi connectivity index (χ1v) is 4.73. The lowest BCUT2D eigenvalue weighted by molar-refractivity contribution is 0.195. The van der Waals surface area contributed by atoms with Crippen LogP contribution in [-0.2, 0) is 0 Å². The molecule has 2 nitrogen and oxygen atoms in total. The quantitative estimate of drug-likeness (QED) is 0.663. The summed E-state index contributed by atoms with van der Waals surface area (Å²) in [6.07, 6.45) is -0.251. The van der Waals surface area contributed by atoms with Crippen molar-refractivity contribution in [2.75, 3.05) is 18.4 Å². The average Bonchev–Trinajstić information content (AvgIpc) is 1.87. The number of aliphatic hydroxyl groups excluding tert-OH is 1. The summed E-state index contributed by atoms with van der Waals surface area (Å²) < 4.78 is 0. The van der Waals surface area contributed by atoms with Crippen LogP contribution in [0.15, 0.2) is 0 Å². The average molecular weight is 210 g/mol. The molecule has 1 unspecified atom stereocenters. The van der Waals surface area contributed by atoms with E-state index in [-0.39, 0.29) is 6.10 Å². The molecule has 0 bridgehead atoms. The minimum atomic E-state index is -0.251. The predicted molar refractivity (Wildman–Crippen MR) is 47.5 cm³/mol. The molecule has 0 heterocycles. The zero-order valence-corrected chi connectivity index (χ0v) is 8.19. The van der Waals surface area contributed by atoms with Crippen LogP contribution in [0, 0.1) is 5.92 Å². The molecule has 0 saturated carbocycles. The minimum Gasteiger partial charge on any atom is -0.391 e. The molecule has 0 radical (unpaired) electrons. The maximum absolute atomic E-state index is 9.06. The van der Waals surface area contributed by atoms with Gasteiger partial charge in [-0.1, -0.05) is 29.8 Å². The smallest absolute Gasteiger partial charge is 0.0761 e. The third-order valence-corrected chi connectivity index (χ3v) is 1.86. The van der Waals surface area contributed by atoms with Crippen LogP contribution in [0.25, 0.3) is 0 Å². The van der Waals surface area contributed by atoms with Gasteiger partial charge in [0.25, 0.3) is 0 Å². The van der Waals surface area contributed by atoms with Gasteiger partial charge in [0.2, 0.25) is 0 Å². The Labute approximate surface area is 71.1 Å². The number of aliphatic hydroxyl groups is 1. The molecule has 0 aromatic carbocycles. The Morgan fingerprint density at radius 2 is 2.00 bits per heavy atom. The maximum atomic E-state index is 9.06. The molecule has 0 fully saturated rings. The Kier molecular flexibility index (Phi) is 6.38. The van der Waals surface area contributed by atoms with Crippen molar-refractivity contribution in [1.82, 2.24) is 5.32 Å². The number of nitrogens with one attached hydrogen (secondary N) is 1. The molecule has 0 aromatic rings. The second kappa shape index (κ2) is 6.13. The monoisotopic (exact) mass is 209 g/mol. The van der Waals surface area contributed by atoms with Crippen LogP contribution in [0.3, 0.4) is 0 Å². The highest BCUT2D eigenvalue weighted by Gasteiger charge is 2.00. The van der Waals surface area contributed by atoms with Crippen molar-refractivity contribution >= 4 is 15.9 Å². The van der Waals surface area contributed by atoms with Gasteiger partial charge in [0.1, 0.15) is 0 Å². The zero-order chi connectivity index (χ0) is 7.98. The van der Waals surface area contributed by atoms with Gasteiger partial charge in [-0.2, -0.15) is 0 Å². The van der Waals surface area contributed by atoms with E-state index >= 15 is 0 Å². The highest BCUT2D eigenvalue weighted by atomic mass is 79.9. The van der Waals surface area contributed by atoms with Crippen LogP contribution >= 0.6 is 15.9 Å². The summed E-state index contributed by atoms with van der Waals surface area (Å²) in [6.45, 7) is 5.95. The Morgan fingerprint density at radius 1 is 1.40 bits per heavy atom. The van der Waals surface area contributed by atoms with E-state index in [1.54, 1.807) is 0 Å². The molecule has 3 heteroatoms. The standard InChI is InChI=1S/C7H16BrNO/c1-6(2)4-9-5-7(10)3-8/h6-7,9-10H,3-5H2,1-2H3. The summed E-state index contributed by atoms with van der Waals surface area (Å²) in [4.78, 5) is 0. The summed E-state index contributed by atoms with van der Waals surface area (Å²) in [6, 6.07) is 0. The third-order valence-electron chi connectivity index (χ3n) is 1.11. The van der Waals surface area contributed by atoms with Gasteiger partial charge in [-0.05, 0) is 12.5 Å². The van der Waals surface area contributed by atoms with E-state index in [0.29, 0.717) is 17.8 Å². The number of alkyl halides is 1. The van der Waals surface area contributed by atoms with Crippen LogP contribution < -0.4 is 5.32 Å². The topological polar surface area (TPSA) is 32.3 Å². The van der Waals surface area contributed by atoms with Crippen LogP contribution in [0.1, 0.15) is 13.8 Å². The highest BCUT2D eigenvalue weighted by molar-refractivity contribution is 9.09. The first-order valence-electron chi connectivity index (χ1n) is 3.61. The summed E-state index contributed by atoms with van der Waals surface area (Å²) in [7, 11) is 0. The maximum Gasteiger partial charge on any atom is 0.0761 e. The molecular weight excluding hydrogens is 194 g/mol. The lowest BCUT2D eigenvalue weighted by Crippen LogP contribution is -2.30. The van der Waals surface area contributed by atoms with Gasteiger partial charge < -0.3 is 10.4 Å². The summed E-state index contributed by atoms with van der Waals surface area (Å²) in [5.41, 5.74) is 0. The Hall–Kier alpha value is 0.400. The summed E-state index contributed by atoms with van der Waals surface area (Å²) in [5.74, 6) is 0.655. The van der Waals surface area contributed by atoms with E-state index in [2.05, 4.69) is 35.1 Å². The molecular formula is C7H16BrNO. The highest BCUT2D eigenvalue weighted by Crippen LogP contribution is 1.90. The first kappa shape index (κ1) is 10.4. The van der Waals surface area contributed by atoms with Crippen LogP contribution in [0.5, 0.6) is 0 Å². The van der Waals surface area contributed by atoms with E-state index in [0.717, 1.165) is 6.54 Å². The normalized spacial score (nSPS) is 14.1. The van der Waals surface area contributed by atoms with E-state index < -0.39 is 0 Å². The van der Waals surface area contributed by atoms with Crippen molar-refractivity contribution in [3.8, 4) is 0 Å².